The fourth-order valence-electron chi connectivity index (χ4n) is 1.42. The molecule has 1 N–H and O–H groups in total. The lowest BCUT2D eigenvalue weighted by Gasteiger charge is -2.07. The van der Waals surface area contributed by atoms with E-state index in [0.717, 1.165) is 10.3 Å². The van der Waals surface area contributed by atoms with Gasteiger partial charge in [0.1, 0.15) is 5.82 Å². The van der Waals surface area contributed by atoms with Gasteiger partial charge in [-0.15, -0.1) is 10.2 Å². The number of hydrogen-bond donors (Lipinski definition) is 1. The molecule has 20 heavy (non-hydrogen) atoms. The van der Waals surface area contributed by atoms with Crippen molar-refractivity contribution in [1.82, 2.24) is 14.8 Å². The zero-order chi connectivity index (χ0) is 14.7. The molecule has 0 saturated heterocycles. The Morgan fingerprint density at radius 3 is 2.85 bits per heavy atom. The van der Waals surface area contributed by atoms with Crippen LogP contribution < -0.4 is 5.32 Å². The van der Waals surface area contributed by atoms with Gasteiger partial charge in [-0.25, -0.2) is 0 Å². The maximum atomic E-state index is 11.9. The summed E-state index contributed by atoms with van der Waals surface area (Å²) < 4.78 is 2.70. The number of thioether (sulfide) groups is 1. The largest absolute Gasteiger partial charge is 0.324 e. The first-order chi connectivity index (χ1) is 9.47. The first-order valence-corrected chi connectivity index (χ1v) is 7.86. The first kappa shape index (κ1) is 15.3. The van der Waals surface area contributed by atoms with Crippen molar-refractivity contribution in [3.05, 3.63) is 33.5 Å². The highest BCUT2D eigenvalue weighted by molar-refractivity contribution is 9.10. The van der Waals surface area contributed by atoms with E-state index in [1.54, 1.807) is 12.1 Å². The number of carbonyl (C=O) groups excluding carboxylic acids is 1. The number of rotatable bonds is 4. The summed E-state index contributed by atoms with van der Waals surface area (Å²) in [5.41, 5.74) is 0.592. The van der Waals surface area contributed by atoms with Crippen LogP contribution in [0.4, 0.5) is 5.69 Å². The molecule has 106 valence electrons. The summed E-state index contributed by atoms with van der Waals surface area (Å²) in [6.45, 7) is 1.86. The number of benzene rings is 1. The number of aryl methyl sites for hydroxylation is 1. The Labute approximate surface area is 134 Å². The minimum atomic E-state index is -0.139. The molecule has 0 saturated carbocycles. The van der Waals surface area contributed by atoms with E-state index in [1.807, 2.05) is 24.6 Å². The minimum absolute atomic E-state index is 0.139. The number of carbonyl (C=O) groups is 1. The molecule has 8 heteroatoms. The fraction of sp³-hybridized carbons (Fsp3) is 0.250. The second-order valence-electron chi connectivity index (χ2n) is 4.05. The van der Waals surface area contributed by atoms with Crippen molar-refractivity contribution in [3.8, 4) is 0 Å². The van der Waals surface area contributed by atoms with Gasteiger partial charge in [0, 0.05) is 11.5 Å². The molecule has 0 fully saturated rings. The molecule has 1 amide bonds. The van der Waals surface area contributed by atoms with Crippen molar-refractivity contribution in [1.29, 1.82) is 0 Å². The van der Waals surface area contributed by atoms with Crippen molar-refractivity contribution in [2.75, 3.05) is 11.1 Å². The summed E-state index contributed by atoms with van der Waals surface area (Å²) in [4.78, 5) is 11.9. The van der Waals surface area contributed by atoms with Crippen LogP contribution in [-0.2, 0) is 11.8 Å². The molecule has 0 aliphatic rings. The van der Waals surface area contributed by atoms with E-state index in [0.29, 0.717) is 15.9 Å². The third kappa shape index (κ3) is 3.74. The van der Waals surface area contributed by atoms with Gasteiger partial charge in [0.15, 0.2) is 5.16 Å². The second-order valence-corrected chi connectivity index (χ2v) is 6.32. The molecule has 0 unspecified atom stereocenters. The van der Waals surface area contributed by atoms with E-state index in [-0.39, 0.29) is 11.7 Å². The molecule has 1 aromatic carbocycles. The first-order valence-electron chi connectivity index (χ1n) is 5.71. The van der Waals surface area contributed by atoms with Crippen LogP contribution >= 0.6 is 39.3 Å². The minimum Gasteiger partial charge on any atom is -0.324 e. The summed E-state index contributed by atoms with van der Waals surface area (Å²) in [6, 6.07) is 5.30. The van der Waals surface area contributed by atoms with E-state index in [2.05, 4.69) is 31.4 Å². The molecule has 0 aliphatic carbocycles. The number of aromatic nitrogens is 3. The van der Waals surface area contributed by atoms with Gasteiger partial charge >= 0.3 is 0 Å². The number of halogens is 2. The number of nitrogens with zero attached hydrogens (tertiary/aromatic N) is 3. The maximum absolute atomic E-state index is 11.9. The topological polar surface area (TPSA) is 59.8 Å². The van der Waals surface area contributed by atoms with Gasteiger partial charge in [-0.1, -0.05) is 39.3 Å². The average molecular weight is 376 g/mol. The van der Waals surface area contributed by atoms with Crippen LogP contribution in [0.25, 0.3) is 0 Å². The lowest BCUT2D eigenvalue weighted by molar-refractivity contribution is -0.113. The Bertz CT molecular complexity index is 646. The summed E-state index contributed by atoms with van der Waals surface area (Å²) >= 11 is 10.7. The molecule has 0 atom stereocenters. The van der Waals surface area contributed by atoms with E-state index in [1.165, 1.54) is 11.8 Å². The third-order valence-electron chi connectivity index (χ3n) is 2.59. The van der Waals surface area contributed by atoms with Gasteiger partial charge in [0.05, 0.1) is 16.5 Å². The van der Waals surface area contributed by atoms with E-state index >= 15 is 0 Å². The Morgan fingerprint density at radius 2 is 2.25 bits per heavy atom. The second kappa shape index (κ2) is 6.60. The lowest BCUT2D eigenvalue weighted by Crippen LogP contribution is -2.14. The van der Waals surface area contributed by atoms with E-state index in [9.17, 15) is 4.79 Å². The van der Waals surface area contributed by atoms with Crippen LogP contribution in [0.1, 0.15) is 5.82 Å². The van der Waals surface area contributed by atoms with E-state index < -0.39 is 0 Å². The van der Waals surface area contributed by atoms with Crippen LogP contribution in [0.2, 0.25) is 5.02 Å². The smallest absolute Gasteiger partial charge is 0.234 e. The van der Waals surface area contributed by atoms with Gasteiger partial charge < -0.3 is 9.88 Å². The predicted molar refractivity (Wildman–Crippen MR) is 84.2 cm³/mol. The van der Waals surface area contributed by atoms with Crippen LogP contribution in [0, 0.1) is 6.92 Å². The molecule has 0 bridgehead atoms. The summed E-state index contributed by atoms with van der Waals surface area (Å²) in [5.74, 6) is 0.919. The highest BCUT2D eigenvalue weighted by Crippen LogP contribution is 2.26. The number of amides is 1. The fourth-order valence-corrected chi connectivity index (χ4v) is 2.90. The van der Waals surface area contributed by atoms with E-state index in [4.69, 9.17) is 11.6 Å². The van der Waals surface area contributed by atoms with Gasteiger partial charge in [-0.2, -0.15) is 0 Å². The summed E-state index contributed by atoms with van der Waals surface area (Å²) in [7, 11) is 1.86. The van der Waals surface area contributed by atoms with Crippen LogP contribution in [-0.4, -0.2) is 26.4 Å². The van der Waals surface area contributed by atoms with Crippen LogP contribution in [0.15, 0.2) is 27.8 Å². The molecule has 0 radical (unpaired) electrons. The summed E-state index contributed by atoms with van der Waals surface area (Å²) in [5, 5.41) is 11.9. The Kier molecular flexibility index (Phi) is 5.06. The Morgan fingerprint density at radius 1 is 1.50 bits per heavy atom. The van der Waals surface area contributed by atoms with Crippen molar-refractivity contribution >= 4 is 50.9 Å². The van der Waals surface area contributed by atoms with Crippen LogP contribution in [0.5, 0.6) is 0 Å². The zero-order valence-electron chi connectivity index (χ0n) is 10.9. The molecule has 2 rings (SSSR count). The molecule has 0 aliphatic heterocycles. The summed E-state index contributed by atoms with van der Waals surface area (Å²) in [6.07, 6.45) is 0. The van der Waals surface area contributed by atoms with Crippen LogP contribution in [0.3, 0.4) is 0 Å². The van der Waals surface area contributed by atoms with Gasteiger partial charge in [-0.05, 0) is 25.1 Å². The van der Waals surface area contributed by atoms with Crippen molar-refractivity contribution in [2.45, 2.75) is 12.1 Å². The molecular weight excluding hydrogens is 364 g/mol. The van der Waals surface area contributed by atoms with Gasteiger partial charge in [-0.3, -0.25) is 4.79 Å². The van der Waals surface area contributed by atoms with Crippen molar-refractivity contribution in [3.63, 3.8) is 0 Å². The zero-order valence-corrected chi connectivity index (χ0v) is 14.0. The molecular formula is C12H12BrClN4OS. The van der Waals surface area contributed by atoms with Gasteiger partial charge in [0.2, 0.25) is 5.91 Å². The normalized spacial score (nSPS) is 10.6. The molecule has 2 aromatic rings. The number of nitrogens with one attached hydrogen (secondary N) is 1. The monoisotopic (exact) mass is 374 g/mol. The molecule has 1 heterocycles. The number of hydrogen-bond acceptors (Lipinski definition) is 4. The average Bonchev–Trinajstić information content (AvgIpc) is 2.71. The standard InChI is InChI=1S/C12H12BrClN4OS/c1-7-16-17-12(18(7)2)20-6-11(19)15-10-4-3-8(13)5-9(10)14/h3-5H,6H2,1-2H3,(H,15,19). The predicted octanol–water partition coefficient (Wildman–Crippen LogP) is 3.27. The SMILES string of the molecule is Cc1nnc(SCC(=O)Nc2ccc(Br)cc2Cl)n1C. The quantitative estimate of drug-likeness (QED) is 0.833. The van der Waals surface area contributed by atoms with Crippen molar-refractivity contribution in [2.24, 2.45) is 7.05 Å². The van der Waals surface area contributed by atoms with Crippen molar-refractivity contribution < 1.29 is 4.79 Å². The van der Waals surface area contributed by atoms with Gasteiger partial charge in [0.25, 0.3) is 0 Å². The Balaban J connectivity index is 1.94. The highest BCUT2D eigenvalue weighted by atomic mass is 79.9. The highest BCUT2D eigenvalue weighted by Gasteiger charge is 2.10. The molecule has 5 nitrogen and oxygen atoms in total. The number of anilines is 1. The third-order valence-corrected chi connectivity index (χ3v) is 4.42. The maximum Gasteiger partial charge on any atom is 0.234 e. The Hall–Kier alpha value is -1.05. The molecule has 1 aromatic heterocycles. The molecule has 0 spiro atoms. The lowest BCUT2D eigenvalue weighted by atomic mass is 10.3.